The second-order valence-electron chi connectivity index (χ2n) is 2.32. The van der Waals surface area contributed by atoms with Gasteiger partial charge in [0.05, 0.1) is 6.61 Å². The van der Waals surface area contributed by atoms with E-state index in [-0.39, 0.29) is 5.75 Å². The Morgan fingerprint density at radius 2 is 1.85 bits per heavy atom. The third-order valence-electron chi connectivity index (χ3n) is 1.33. The Hall–Kier alpha value is -1.18. The Morgan fingerprint density at radius 3 is 2.38 bits per heavy atom. The van der Waals surface area contributed by atoms with Gasteiger partial charge in [-0.15, -0.1) is 0 Å². The molecule has 0 spiro atoms. The highest BCUT2D eigenvalue weighted by Gasteiger charge is 1.97. The van der Waals surface area contributed by atoms with E-state index in [1.807, 2.05) is 26.8 Å². The molecule has 0 heterocycles. The Labute approximate surface area is 80.2 Å². The molecule has 74 valence electrons. The molecule has 1 rings (SSSR count). The lowest BCUT2D eigenvalue weighted by molar-refractivity contribution is 0.299. The average molecular weight is 182 g/mol. The van der Waals surface area contributed by atoms with Crippen molar-refractivity contribution in [2.24, 2.45) is 0 Å². The number of benzene rings is 1. The molecular formula is C11H18O2. The minimum atomic E-state index is 0.209. The maximum Gasteiger partial charge on any atom is 0.160 e. The first-order valence-electron chi connectivity index (χ1n) is 4.75. The lowest BCUT2D eigenvalue weighted by Gasteiger charge is -2.04. The van der Waals surface area contributed by atoms with Crippen LogP contribution in [0.5, 0.6) is 11.5 Å². The fourth-order valence-corrected chi connectivity index (χ4v) is 0.791. The molecule has 0 unspecified atom stereocenters. The van der Waals surface area contributed by atoms with Gasteiger partial charge >= 0.3 is 0 Å². The summed E-state index contributed by atoms with van der Waals surface area (Å²) in [5.74, 6) is 0.773. The van der Waals surface area contributed by atoms with Crippen LogP contribution in [0.2, 0.25) is 0 Å². The van der Waals surface area contributed by atoms with Crippen LogP contribution in [0.1, 0.15) is 27.2 Å². The van der Waals surface area contributed by atoms with E-state index in [1.54, 1.807) is 18.2 Å². The summed E-state index contributed by atoms with van der Waals surface area (Å²) in [4.78, 5) is 0. The number of ether oxygens (including phenoxy) is 1. The zero-order valence-corrected chi connectivity index (χ0v) is 8.58. The van der Waals surface area contributed by atoms with E-state index in [1.165, 1.54) is 0 Å². The fourth-order valence-electron chi connectivity index (χ4n) is 0.791. The quantitative estimate of drug-likeness (QED) is 0.777. The number of para-hydroxylation sites is 2. The Bertz CT molecular complexity index is 221. The number of phenolic OH excluding ortho intramolecular Hbond substituents is 1. The monoisotopic (exact) mass is 182 g/mol. The van der Waals surface area contributed by atoms with Crippen molar-refractivity contribution in [2.75, 3.05) is 6.61 Å². The van der Waals surface area contributed by atoms with Gasteiger partial charge < -0.3 is 9.84 Å². The van der Waals surface area contributed by atoms with Crippen molar-refractivity contribution in [1.82, 2.24) is 0 Å². The molecule has 1 aromatic rings. The van der Waals surface area contributed by atoms with Gasteiger partial charge in [-0.25, -0.2) is 0 Å². The van der Waals surface area contributed by atoms with Gasteiger partial charge in [0.1, 0.15) is 0 Å². The van der Waals surface area contributed by atoms with Crippen LogP contribution in [0.25, 0.3) is 0 Å². The lowest BCUT2D eigenvalue weighted by atomic mass is 10.3. The van der Waals surface area contributed by atoms with E-state index in [0.717, 1.165) is 6.42 Å². The summed E-state index contributed by atoms with van der Waals surface area (Å²) in [6, 6.07) is 6.98. The molecule has 0 aromatic heterocycles. The molecule has 0 saturated carbocycles. The minimum absolute atomic E-state index is 0.209. The molecule has 0 aliphatic heterocycles. The van der Waals surface area contributed by atoms with Crippen LogP contribution in [0.3, 0.4) is 0 Å². The maximum absolute atomic E-state index is 9.21. The fraction of sp³-hybridized carbons (Fsp3) is 0.455. The van der Waals surface area contributed by atoms with E-state index in [4.69, 9.17) is 4.74 Å². The van der Waals surface area contributed by atoms with Crippen LogP contribution >= 0.6 is 0 Å². The smallest absolute Gasteiger partial charge is 0.160 e. The summed E-state index contributed by atoms with van der Waals surface area (Å²) in [6.45, 7) is 6.68. The highest BCUT2D eigenvalue weighted by Crippen LogP contribution is 2.24. The van der Waals surface area contributed by atoms with Crippen LogP contribution in [-0.2, 0) is 0 Å². The van der Waals surface area contributed by atoms with Gasteiger partial charge in [0.2, 0.25) is 0 Å². The van der Waals surface area contributed by atoms with Crippen molar-refractivity contribution in [3.8, 4) is 11.5 Å². The normalized spacial score (nSPS) is 8.54. The molecule has 0 radical (unpaired) electrons. The van der Waals surface area contributed by atoms with Crippen molar-refractivity contribution in [2.45, 2.75) is 27.2 Å². The Balaban J connectivity index is 0.000000671. The number of hydrogen-bond donors (Lipinski definition) is 1. The van der Waals surface area contributed by atoms with Crippen LogP contribution < -0.4 is 4.74 Å². The molecule has 0 fully saturated rings. The second kappa shape index (κ2) is 7.47. The SMILES string of the molecule is CC.CCCOc1ccccc1O. The third-order valence-corrected chi connectivity index (χ3v) is 1.33. The number of rotatable bonds is 3. The topological polar surface area (TPSA) is 29.5 Å². The summed E-state index contributed by atoms with van der Waals surface area (Å²) >= 11 is 0. The van der Waals surface area contributed by atoms with Gasteiger partial charge in [-0.1, -0.05) is 32.9 Å². The zero-order valence-electron chi connectivity index (χ0n) is 8.58. The zero-order chi connectivity index (χ0) is 10.1. The van der Waals surface area contributed by atoms with E-state index < -0.39 is 0 Å². The predicted molar refractivity (Wildman–Crippen MR) is 55.2 cm³/mol. The van der Waals surface area contributed by atoms with Gasteiger partial charge in [-0.05, 0) is 18.6 Å². The van der Waals surface area contributed by atoms with Crippen LogP contribution in [-0.4, -0.2) is 11.7 Å². The van der Waals surface area contributed by atoms with Crippen molar-refractivity contribution in [1.29, 1.82) is 0 Å². The average Bonchev–Trinajstić information content (AvgIpc) is 2.20. The molecule has 0 bridgehead atoms. The minimum Gasteiger partial charge on any atom is -0.504 e. The molecule has 0 aliphatic carbocycles. The Morgan fingerprint density at radius 1 is 1.23 bits per heavy atom. The summed E-state index contributed by atoms with van der Waals surface area (Å²) in [7, 11) is 0. The number of hydrogen-bond acceptors (Lipinski definition) is 2. The number of phenols is 1. The molecule has 13 heavy (non-hydrogen) atoms. The van der Waals surface area contributed by atoms with E-state index >= 15 is 0 Å². The molecule has 1 N–H and O–H groups in total. The maximum atomic E-state index is 9.21. The highest BCUT2D eigenvalue weighted by molar-refractivity contribution is 5.37. The van der Waals surface area contributed by atoms with Crippen molar-refractivity contribution >= 4 is 0 Å². The van der Waals surface area contributed by atoms with E-state index in [0.29, 0.717) is 12.4 Å². The van der Waals surface area contributed by atoms with Crippen LogP contribution in [0.4, 0.5) is 0 Å². The first kappa shape index (κ1) is 11.8. The van der Waals surface area contributed by atoms with E-state index in [9.17, 15) is 5.11 Å². The molecule has 0 amide bonds. The van der Waals surface area contributed by atoms with Gasteiger partial charge in [-0.2, -0.15) is 0 Å². The number of aromatic hydroxyl groups is 1. The summed E-state index contributed by atoms with van der Waals surface area (Å²) in [5.41, 5.74) is 0. The third kappa shape index (κ3) is 4.41. The molecule has 0 saturated heterocycles. The van der Waals surface area contributed by atoms with Crippen molar-refractivity contribution < 1.29 is 9.84 Å². The van der Waals surface area contributed by atoms with Crippen LogP contribution in [0, 0.1) is 0 Å². The molecule has 1 aromatic carbocycles. The first-order chi connectivity index (χ1) is 6.34. The molecule has 2 heteroatoms. The molecule has 0 aliphatic rings. The van der Waals surface area contributed by atoms with Gasteiger partial charge in [0.15, 0.2) is 11.5 Å². The summed E-state index contributed by atoms with van der Waals surface area (Å²) in [5, 5.41) is 9.21. The van der Waals surface area contributed by atoms with Crippen molar-refractivity contribution in [3.63, 3.8) is 0 Å². The molecular weight excluding hydrogens is 164 g/mol. The molecule has 2 nitrogen and oxygen atoms in total. The lowest BCUT2D eigenvalue weighted by Crippen LogP contribution is -1.94. The van der Waals surface area contributed by atoms with Crippen molar-refractivity contribution in [3.05, 3.63) is 24.3 Å². The van der Waals surface area contributed by atoms with Gasteiger partial charge in [0.25, 0.3) is 0 Å². The first-order valence-corrected chi connectivity index (χ1v) is 4.75. The van der Waals surface area contributed by atoms with E-state index in [2.05, 4.69) is 0 Å². The standard InChI is InChI=1S/C9H12O2.C2H6/c1-2-7-11-9-6-4-3-5-8(9)10;1-2/h3-6,10H,2,7H2,1H3;1-2H3. The Kier molecular flexibility index (Phi) is 6.79. The summed E-state index contributed by atoms with van der Waals surface area (Å²) in [6.07, 6.45) is 0.953. The van der Waals surface area contributed by atoms with Crippen LogP contribution in [0.15, 0.2) is 24.3 Å². The second-order valence-corrected chi connectivity index (χ2v) is 2.32. The summed E-state index contributed by atoms with van der Waals surface area (Å²) < 4.78 is 5.24. The largest absolute Gasteiger partial charge is 0.504 e. The van der Waals surface area contributed by atoms with Gasteiger partial charge in [-0.3, -0.25) is 0 Å². The predicted octanol–water partition coefficient (Wildman–Crippen LogP) is 3.21. The highest BCUT2D eigenvalue weighted by atomic mass is 16.5. The van der Waals surface area contributed by atoms with Gasteiger partial charge in [0, 0.05) is 0 Å². The molecule has 0 atom stereocenters.